The molecular formula is C12H16ClN3O2. The van der Waals surface area contributed by atoms with E-state index in [0.29, 0.717) is 17.3 Å². The fraction of sp³-hybridized carbons (Fsp3) is 0.500. The van der Waals surface area contributed by atoms with E-state index in [1.165, 1.54) is 6.07 Å². The zero-order chi connectivity index (χ0) is 13.3. The molecule has 0 radical (unpaired) electrons. The van der Waals surface area contributed by atoms with E-state index in [9.17, 15) is 10.1 Å². The molecule has 2 N–H and O–H groups in total. The molecule has 0 spiro atoms. The summed E-state index contributed by atoms with van der Waals surface area (Å²) >= 11 is 5.93. The van der Waals surface area contributed by atoms with Gasteiger partial charge in [0.2, 0.25) is 0 Å². The Labute approximate surface area is 111 Å². The fourth-order valence-electron chi connectivity index (χ4n) is 2.30. The molecule has 6 heteroatoms. The quantitative estimate of drug-likeness (QED) is 0.676. The minimum Gasteiger partial charge on any atom is -0.365 e. The van der Waals surface area contributed by atoms with Gasteiger partial charge < -0.3 is 10.6 Å². The van der Waals surface area contributed by atoms with Crippen LogP contribution in [-0.4, -0.2) is 24.6 Å². The second kappa shape index (κ2) is 4.74. The van der Waals surface area contributed by atoms with Crippen molar-refractivity contribution in [1.29, 1.82) is 0 Å². The van der Waals surface area contributed by atoms with Crippen LogP contribution < -0.4 is 10.6 Å². The van der Waals surface area contributed by atoms with Crippen LogP contribution in [0.4, 0.5) is 11.4 Å². The highest BCUT2D eigenvalue weighted by molar-refractivity contribution is 6.31. The van der Waals surface area contributed by atoms with Crippen molar-refractivity contribution in [3.05, 3.63) is 33.3 Å². The monoisotopic (exact) mass is 269 g/mol. The average molecular weight is 270 g/mol. The van der Waals surface area contributed by atoms with Crippen LogP contribution in [0.15, 0.2) is 18.2 Å². The molecular weight excluding hydrogens is 254 g/mol. The predicted molar refractivity (Wildman–Crippen MR) is 72.1 cm³/mol. The Morgan fingerprint density at radius 3 is 2.89 bits per heavy atom. The standard InChI is InChI=1S/C12H16ClN3O2/c1-12(7-14)4-5-15(8-12)11-6-9(13)2-3-10(11)16(17)18/h2-3,6H,4-5,7-8,14H2,1H3. The van der Waals surface area contributed by atoms with E-state index in [0.717, 1.165) is 19.5 Å². The zero-order valence-corrected chi connectivity index (χ0v) is 11.0. The van der Waals surface area contributed by atoms with Crippen LogP contribution in [0.3, 0.4) is 0 Å². The second-order valence-corrected chi connectivity index (χ2v) is 5.51. The van der Waals surface area contributed by atoms with E-state index >= 15 is 0 Å². The highest BCUT2D eigenvalue weighted by Gasteiger charge is 2.35. The Morgan fingerprint density at radius 2 is 2.33 bits per heavy atom. The van der Waals surface area contributed by atoms with Crippen LogP contribution in [0.2, 0.25) is 5.02 Å². The molecule has 5 nitrogen and oxygen atoms in total. The van der Waals surface area contributed by atoms with E-state index in [-0.39, 0.29) is 16.0 Å². The molecule has 1 unspecified atom stereocenters. The van der Waals surface area contributed by atoms with Crippen LogP contribution in [0.1, 0.15) is 13.3 Å². The number of nitrogens with zero attached hydrogens (tertiary/aromatic N) is 2. The lowest BCUT2D eigenvalue weighted by atomic mass is 9.90. The molecule has 1 atom stereocenters. The van der Waals surface area contributed by atoms with Gasteiger partial charge >= 0.3 is 0 Å². The number of halogens is 1. The number of anilines is 1. The number of rotatable bonds is 3. The van der Waals surface area contributed by atoms with Crippen LogP contribution >= 0.6 is 11.6 Å². The normalized spacial score (nSPS) is 23.4. The number of nitro benzene ring substituents is 1. The first kappa shape index (κ1) is 13.1. The number of hydrogen-bond acceptors (Lipinski definition) is 4. The Balaban J connectivity index is 2.34. The molecule has 0 aliphatic carbocycles. The number of benzene rings is 1. The molecule has 1 aliphatic heterocycles. The van der Waals surface area contributed by atoms with Gasteiger partial charge in [0.1, 0.15) is 5.69 Å². The second-order valence-electron chi connectivity index (χ2n) is 5.08. The van der Waals surface area contributed by atoms with Crippen molar-refractivity contribution < 1.29 is 4.92 Å². The third kappa shape index (κ3) is 2.42. The summed E-state index contributed by atoms with van der Waals surface area (Å²) in [4.78, 5) is 12.7. The van der Waals surface area contributed by atoms with Crippen molar-refractivity contribution in [2.45, 2.75) is 13.3 Å². The highest BCUT2D eigenvalue weighted by atomic mass is 35.5. The lowest BCUT2D eigenvalue weighted by Crippen LogP contribution is -2.31. The summed E-state index contributed by atoms with van der Waals surface area (Å²) < 4.78 is 0. The summed E-state index contributed by atoms with van der Waals surface area (Å²) in [5.41, 5.74) is 6.46. The molecule has 1 fully saturated rings. The van der Waals surface area contributed by atoms with Gasteiger partial charge in [0.15, 0.2) is 0 Å². The average Bonchev–Trinajstić information content (AvgIpc) is 2.72. The molecule has 1 aromatic rings. The van der Waals surface area contributed by atoms with Gasteiger partial charge in [-0.05, 0) is 30.5 Å². The summed E-state index contributed by atoms with van der Waals surface area (Å²) in [6, 6.07) is 4.65. The minimum absolute atomic E-state index is 0.0240. The molecule has 0 saturated carbocycles. The Hall–Kier alpha value is -1.33. The molecule has 98 valence electrons. The molecule has 0 amide bonds. The van der Waals surface area contributed by atoms with E-state index in [1.807, 2.05) is 4.90 Å². The molecule has 1 aromatic carbocycles. The molecule has 1 heterocycles. The molecule has 0 aromatic heterocycles. The molecule has 1 saturated heterocycles. The Kier molecular flexibility index (Phi) is 3.45. The van der Waals surface area contributed by atoms with Crippen LogP contribution in [0, 0.1) is 15.5 Å². The van der Waals surface area contributed by atoms with Crippen LogP contribution in [0.25, 0.3) is 0 Å². The SMILES string of the molecule is CC1(CN)CCN(c2cc(Cl)ccc2[N+](=O)[O-])C1. The van der Waals surface area contributed by atoms with Crippen molar-refractivity contribution in [3.63, 3.8) is 0 Å². The van der Waals surface area contributed by atoms with E-state index in [1.54, 1.807) is 12.1 Å². The first-order valence-corrected chi connectivity index (χ1v) is 6.22. The molecule has 2 rings (SSSR count). The van der Waals surface area contributed by atoms with Gasteiger partial charge in [0.05, 0.1) is 4.92 Å². The van der Waals surface area contributed by atoms with Crippen molar-refractivity contribution >= 4 is 23.0 Å². The minimum atomic E-state index is -0.371. The van der Waals surface area contributed by atoms with Gasteiger partial charge in [-0.3, -0.25) is 10.1 Å². The summed E-state index contributed by atoms with van der Waals surface area (Å²) in [6.45, 7) is 4.18. The summed E-state index contributed by atoms with van der Waals surface area (Å²) in [7, 11) is 0. The maximum absolute atomic E-state index is 11.0. The van der Waals surface area contributed by atoms with Crippen molar-refractivity contribution in [2.75, 3.05) is 24.5 Å². The largest absolute Gasteiger partial charge is 0.365 e. The number of nitrogens with two attached hydrogens (primary N) is 1. The van der Waals surface area contributed by atoms with Gasteiger partial charge in [0.25, 0.3) is 5.69 Å². The maximum Gasteiger partial charge on any atom is 0.292 e. The third-order valence-corrected chi connectivity index (χ3v) is 3.76. The van der Waals surface area contributed by atoms with Gasteiger partial charge in [0, 0.05) is 24.2 Å². The zero-order valence-electron chi connectivity index (χ0n) is 10.2. The van der Waals surface area contributed by atoms with Crippen molar-refractivity contribution in [1.82, 2.24) is 0 Å². The smallest absolute Gasteiger partial charge is 0.292 e. The summed E-state index contributed by atoms with van der Waals surface area (Å²) in [5.74, 6) is 0. The summed E-state index contributed by atoms with van der Waals surface area (Å²) in [5, 5.41) is 11.5. The summed E-state index contributed by atoms with van der Waals surface area (Å²) in [6.07, 6.45) is 0.938. The van der Waals surface area contributed by atoms with Crippen molar-refractivity contribution in [3.8, 4) is 0 Å². The van der Waals surface area contributed by atoms with E-state index < -0.39 is 0 Å². The van der Waals surface area contributed by atoms with Gasteiger partial charge in [-0.2, -0.15) is 0 Å². The first-order valence-electron chi connectivity index (χ1n) is 5.84. The Bertz CT molecular complexity index is 480. The molecule has 0 bridgehead atoms. The van der Waals surface area contributed by atoms with Gasteiger partial charge in [-0.15, -0.1) is 0 Å². The molecule has 18 heavy (non-hydrogen) atoms. The van der Waals surface area contributed by atoms with Crippen LogP contribution in [0.5, 0.6) is 0 Å². The topological polar surface area (TPSA) is 72.4 Å². The number of nitro groups is 1. The van der Waals surface area contributed by atoms with Gasteiger partial charge in [-0.25, -0.2) is 0 Å². The van der Waals surface area contributed by atoms with E-state index in [2.05, 4.69) is 6.92 Å². The molecule has 1 aliphatic rings. The fourth-order valence-corrected chi connectivity index (χ4v) is 2.47. The third-order valence-electron chi connectivity index (χ3n) is 3.53. The maximum atomic E-state index is 11.0. The van der Waals surface area contributed by atoms with Gasteiger partial charge in [-0.1, -0.05) is 18.5 Å². The van der Waals surface area contributed by atoms with Crippen LogP contribution in [-0.2, 0) is 0 Å². The van der Waals surface area contributed by atoms with E-state index in [4.69, 9.17) is 17.3 Å². The Morgan fingerprint density at radius 1 is 1.61 bits per heavy atom. The van der Waals surface area contributed by atoms with Crippen molar-refractivity contribution in [2.24, 2.45) is 11.1 Å². The lowest BCUT2D eigenvalue weighted by molar-refractivity contribution is -0.384. The number of hydrogen-bond donors (Lipinski definition) is 1. The highest BCUT2D eigenvalue weighted by Crippen LogP contribution is 2.37. The predicted octanol–water partition coefficient (Wildman–Crippen LogP) is 2.42. The first-order chi connectivity index (χ1) is 8.45. The lowest BCUT2D eigenvalue weighted by Gasteiger charge is -2.23.